The largest absolute Gasteiger partial charge is 0.494 e. The molecular weight excluding hydrogens is 332 g/mol. The van der Waals surface area contributed by atoms with Crippen LogP contribution in [-0.4, -0.2) is 16.6 Å². The Morgan fingerprint density at radius 1 is 1.00 bits per heavy atom. The van der Waals surface area contributed by atoms with Crippen LogP contribution in [0.15, 0.2) is 30.5 Å². The van der Waals surface area contributed by atoms with Crippen molar-refractivity contribution < 1.29 is 4.74 Å². The maximum atomic E-state index is 5.80. The highest BCUT2D eigenvalue weighted by molar-refractivity contribution is 5.56. The Hall–Kier alpha value is -1.90. The molecule has 3 heteroatoms. The highest BCUT2D eigenvalue weighted by Gasteiger charge is 2.20. The van der Waals surface area contributed by atoms with E-state index < -0.39 is 0 Å². The molecule has 0 saturated heterocycles. The van der Waals surface area contributed by atoms with Crippen LogP contribution in [0.1, 0.15) is 76.5 Å². The van der Waals surface area contributed by atoms with Crippen LogP contribution < -0.4 is 4.74 Å². The van der Waals surface area contributed by atoms with Gasteiger partial charge in [0.15, 0.2) is 5.82 Å². The van der Waals surface area contributed by atoms with Crippen molar-refractivity contribution in [3.05, 3.63) is 41.7 Å². The van der Waals surface area contributed by atoms with Crippen LogP contribution in [0, 0.1) is 5.92 Å². The molecule has 0 bridgehead atoms. The molecule has 2 aromatic rings. The Labute approximate surface area is 164 Å². The molecule has 146 valence electrons. The van der Waals surface area contributed by atoms with E-state index in [-0.39, 0.29) is 0 Å². The summed E-state index contributed by atoms with van der Waals surface area (Å²) in [5.74, 6) is 2.60. The normalized spacial score (nSPS) is 16.1. The first kappa shape index (κ1) is 19.9. The number of unbranched alkanes of at least 4 members (excludes halogenated alkanes) is 4. The van der Waals surface area contributed by atoms with Gasteiger partial charge < -0.3 is 4.74 Å². The first-order valence-corrected chi connectivity index (χ1v) is 10.9. The van der Waals surface area contributed by atoms with E-state index in [4.69, 9.17) is 9.72 Å². The van der Waals surface area contributed by atoms with Gasteiger partial charge in [-0.15, -0.1) is 0 Å². The second-order valence-corrected chi connectivity index (χ2v) is 7.85. The number of nitrogens with zero attached hydrogens (tertiary/aromatic N) is 2. The standard InChI is InChI=1S/C24H34N2O/c1-3-5-7-9-19-10-15-23-21(17-19)18-25-24(26-23)20-11-13-22(14-12-20)27-16-8-6-4-2/h11-14,18-19H,3-10,15-17H2,1-2H3. The lowest BCUT2D eigenvalue weighted by atomic mass is 9.84. The molecule has 1 aromatic carbocycles. The number of rotatable bonds is 10. The van der Waals surface area contributed by atoms with Crippen molar-refractivity contribution >= 4 is 0 Å². The smallest absolute Gasteiger partial charge is 0.159 e. The van der Waals surface area contributed by atoms with Crippen molar-refractivity contribution in [2.45, 2.75) is 78.1 Å². The first-order chi connectivity index (χ1) is 13.3. The number of aromatic nitrogens is 2. The number of benzene rings is 1. The fourth-order valence-electron chi connectivity index (χ4n) is 3.89. The van der Waals surface area contributed by atoms with Crippen molar-refractivity contribution in [1.82, 2.24) is 9.97 Å². The van der Waals surface area contributed by atoms with Gasteiger partial charge >= 0.3 is 0 Å². The van der Waals surface area contributed by atoms with Crippen LogP contribution in [0.5, 0.6) is 5.75 Å². The summed E-state index contributed by atoms with van der Waals surface area (Å²) in [4.78, 5) is 9.54. The molecule has 0 fully saturated rings. The van der Waals surface area contributed by atoms with Crippen LogP contribution >= 0.6 is 0 Å². The summed E-state index contributed by atoms with van der Waals surface area (Å²) >= 11 is 0. The molecule has 1 aliphatic carbocycles. The van der Waals surface area contributed by atoms with E-state index in [9.17, 15) is 0 Å². The molecule has 0 spiro atoms. The third kappa shape index (κ3) is 5.79. The third-order valence-corrected chi connectivity index (χ3v) is 5.60. The fourth-order valence-corrected chi connectivity index (χ4v) is 3.89. The Kier molecular flexibility index (Phi) is 7.67. The van der Waals surface area contributed by atoms with E-state index in [1.807, 2.05) is 12.1 Å². The number of fused-ring (bicyclic) bond motifs is 1. The highest BCUT2D eigenvalue weighted by atomic mass is 16.5. The summed E-state index contributed by atoms with van der Waals surface area (Å²) in [5, 5.41) is 0. The van der Waals surface area contributed by atoms with Crippen LogP contribution in [-0.2, 0) is 12.8 Å². The molecule has 1 aromatic heterocycles. The van der Waals surface area contributed by atoms with E-state index in [0.717, 1.165) is 48.9 Å². The fraction of sp³-hybridized carbons (Fsp3) is 0.583. The van der Waals surface area contributed by atoms with Gasteiger partial charge in [-0.25, -0.2) is 9.97 Å². The SMILES string of the molecule is CCCCCOc1ccc(-c2ncc3c(n2)CCC(CCCCC)C3)cc1. The summed E-state index contributed by atoms with van der Waals surface area (Å²) in [6, 6.07) is 8.22. The average molecular weight is 367 g/mol. The van der Waals surface area contributed by atoms with Gasteiger partial charge in [0.05, 0.1) is 6.61 Å². The zero-order valence-corrected chi connectivity index (χ0v) is 17.0. The van der Waals surface area contributed by atoms with Crippen LogP contribution in [0.2, 0.25) is 0 Å². The molecule has 0 amide bonds. The first-order valence-electron chi connectivity index (χ1n) is 10.9. The Morgan fingerprint density at radius 2 is 1.78 bits per heavy atom. The molecule has 1 unspecified atom stereocenters. The second kappa shape index (κ2) is 10.4. The Balaban J connectivity index is 1.59. The van der Waals surface area contributed by atoms with Crippen molar-refractivity contribution in [3.63, 3.8) is 0 Å². The topological polar surface area (TPSA) is 35.0 Å². The Bertz CT molecular complexity index is 696. The lowest BCUT2D eigenvalue weighted by Gasteiger charge is -2.23. The quantitative estimate of drug-likeness (QED) is 0.456. The van der Waals surface area contributed by atoms with Gasteiger partial charge in [-0.05, 0) is 61.4 Å². The minimum absolute atomic E-state index is 0.794. The van der Waals surface area contributed by atoms with Crippen molar-refractivity contribution in [2.75, 3.05) is 6.61 Å². The molecule has 0 saturated carbocycles. The van der Waals surface area contributed by atoms with Gasteiger partial charge in [0.25, 0.3) is 0 Å². The van der Waals surface area contributed by atoms with Gasteiger partial charge in [-0.2, -0.15) is 0 Å². The number of ether oxygens (including phenoxy) is 1. The van der Waals surface area contributed by atoms with E-state index >= 15 is 0 Å². The van der Waals surface area contributed by atoms with Crippen molar-refractivity contribution in [2.24, 2.45) is 5.92 Å². The predicted molar refractivity (Wildman–Crippen MR) is 112 cm³/mol. The van der Waals surface area contributed by atoms with E-state index in [0.29, 0.717) is 0 Å². The Morgan fingerprint density at radius 3 is 2.56 bits per heavy atom. The van der Waals surface area contributed by atoms with Crippen molar-refractivity contribution in [1.29, 1.82) is 0 Å². The average Bonchev–Trinajstić information content (AvgIpc) is 2.71. The zero-order valence-electron chi connectivity index (χ0n) is 17.0. The van der Waals surface area contributed by atoms with Crippen LogP contribution in [0.4, 0.5) is 0 Å². The van der Waals surface area contributed by atoms with Crippen molar-refractivity contribution in [3.8, 4) is 17.1 Å². The van der Waals surface area contributed by atoms with Crippen LogP contribution in [0.3, 0.4) is 0 Å². The van der Waals surface area contributed by atoms with Gasteiger partial charge in [0.2, 0.25) is 0 Å². The molecule has 0 radical (unpaired) electrons. The third-order valence-electron chi connectivity index (χ3n) is 5.60. The molecule has 1 aliphatic rings. The van der Waals surface area contributed by atoms with E-state index in [1.54, 1.807) is 0 Å². The molecule has 27 heavy (non-hydrogen) atoms. The number of aryl methyl sites for hydroxylation is 1. The summed E-state index contributed by atoms with van der Waals surface area (Å²) in [5.41, 5.74) is 3.69. The minimum atomic E-state index is 0.794. The van der Waals surface area contributed by atoms with Crippen LogP contribution in [0.25, 0.3) is 11.4 Å². The van der Waals surface area contributed by atoms with Gasteiger partial charge in [-0.3, -0.25) is 0 Å². The summed E-state index contributed by atoms with van der Waals surface area (Å²) in [6.07, 6.45) is 14.5. The summed E-state index contributed by atoms with van der Waals surface area (Å²) < 4.78 is 5.80. The molecule has 0 N–H and O–H groups in total. The minimum Gasteiger partial charge on any atom is -0.494 e. The van der Waals surface area contributed by atoms with E-state index in [2.05, 4.69) is 37.2 Å². The highest BCUT2D eigenvalue weighted by Crippen LogP contribution is 2.29. The number of hydrogen-bond donors (Lipinski definition) is 0. The molecule has 3 rings (SSSR count). The second-order valence-electron chi connectivity index (χ2n) is 7.85. The predicted octanol–water partition coefficient (Wildman–Crippen LogP) is 6.40. The maximum Gasteiger partial charge on any atom is 0.159 e. The molecule has 1 atom stereocenters. The monoisotopic (exact) mass is 366 g/mol. The summed E-state index contributed by atoms with van der Waals surface area (Å²) in [7, 11) is 0. The molecule has 0 aliphatic heterocycles. The molecule has 1 heterocycles. The lowest BCUT2D eigenvalue weighted by molar-refractivity contribution is 0.306. The molecule has 3 nitrogen and oxygen atoms in total. The van der Waals surface area contributed by atoms with Gasteiger partial charge in [-0.1, -0.05) is 52.4 Å². The molecular formula is C24H34N2O. The van der Waals surface area contributed by atoms with Gasteiger partial charge in [0.1, 0.15) is 5.75 Å². The lowest BCUT2D eigenvalue weighted by Crippen LogP contribution is -2.16. The summed E-state index contributed by atoms with van der Waals surface area (Å²) in [6.45, 7) is 5.28. The number of hydrogen-bond acceptors (Lipinski definition) is 3. The maximum absolute atomic E-state index is 5.80. The van der Waals surface area contributed by atoms with Gasteiger partial charge in [0, 0.05) is 17.5 Å². The van der Waals surface area contributed by atoms with E-state index in [1.165, 1.54) is 56.2 Å². The zero-order chi connectivity index (χ0) is 18.9.